The van der Waals surface area contributed by atoms with E-state index in [1.54, 1.807) is 0 Å². The second-order valence-electron chi connectivity index (χ2n) is 4.90. The van der Waals surface area contributed by atoms with Crippen molar-refractivity contribution in [2.45, 2.75) is 25.8 Å². The third kappa shape index (κ3) is 2.85. The molecule has 2 atom stereocenters. The van der Waals surface area contributed by atoms with Crippen LogP contribution in [-0.4, -0.2) is 19.5 Å². The zero-order valence-electron chi connectivity index (χ0n) is 10.8. The highest BCUT2D eigenvalue weighted by atomic mass is 35.5. The van der Waals surface area contributed by atoms with Crippen LogP contribution in [0.5, 0.6) is 0 Å². The molecular weight excluding hydrogens is 248 g/mol. The Morgan fingerprint density at radius 2 is 2.33 bits per heavy atom. The number of benzene rings is 1. The molecule has 0 saturated heterocycles. The molecule has 2 N–H and O–H groups in total. The molecule has 1 amide bonds. The summed E-state index contributed by atoms with van der Waals surface area (Å²) in [6, 6.07) is 6.06. The molecule has 0 heterocycles. The van der Waals surface area contributed by atoms with Gasteiger partial charge in [0.1, 0.15) is 0 Å². The summed E-state index contributed by atoms with van der Waals surface area (Å²) in [5, 5.41) is 6.91. The average Bonchev–Trinajstić information content (AvgIpc) is 2.72. The van der Waals surface area contributed by atoms with Crippen LogP contribution in [-0.2, 0) is 11.2 Å². The Morgan fingerprint density at radius 3 is 3.06 bits per heavy atom. The number of halogens is 1. The van der Waals surface area contributed by atoms with Crippen LogP contribution < -0.4 is 10.6 Å². The molecule has 0 radical (unpaired) electrons. The fourth-order valence-corrected chi connectivity index (χ4v) is 2.64. The maximum absolute atomic E-state index is 12.0. The Hall–Kier alpha value is -1.06. The fourth-order valence-electron chi connectivity index (χ4n) is 2.45. The number of hydrogen-bond donors (Lipinski definition) is 2. The van der Waals surface area contributed by atoms with E-state index in [0.29, 0.717) is 6.54 Å². The van der Waals surface area contributed by atoms with Crippen molar-refractivity contribution in [1.29, 1.82) is 0 Å². The zero-order chi connectivity index (χ0) is 13.1. The first-order valence-corrected chi connectivity index (χ1v) is 6.73. The third-order valence-electron chi connectivity index (χ3n) is 3.46. The molecule has 0 bridgehead atoms. The van der Waals surface area contributed by atoms with Crippen molar-refractivity contribution < 1.29 is 4.79 Å². The van der Waals surface area contributed by atoms with E-state index in [1.807, 2.05) is 32.2 Å². The molecule has 1 aromatic rings. The zero-order valence-corrected chi connectivity index (χ0v) is 11.6. The van der Waals surface area contributed by atoms with Gasteiger partial charge >= 0.3 is 0 Å². The lowest BCUT2D eigenvalue weighted by Gasteiger charge is -2.17. The van der Waals surface area contributed by atoms with Gasteiger partial charge in [0.15, 0.2) is 0 Å². The minimum atomic E-state index is -0.00801. The summed E-state index contributed by atoms with van der Waals surface area (Å²) in [5.74, 6) is 0.100. The number of aryl methyl sites for hydroxylation is 1. The van der Waals surface area contributed by atoms with Crippen molar-refractivity contribution in [3.63, 3.8) is 0 Å². The summed E-state index contributed by atoms with van der Waals surface area (Å²) < 4.78 is 0. The summed E-state index contributed by atoms with van der Waals surface area (Å²) >= 11 is 5.97. The Labute approximate surface area is 113 Å². The number of amides is 1. The molecule has 0 aliphatic heterocycles. The van der Waals surface area contributed by atoms with E-state index in [-0.39, 0.29) is 17.9 Å². The number of rotatable bonds is 4. The maximum atomic E-state index is 12.0. The van der Waals surface area contributed by atoms with E-state index in [2.05, 4.69) is 10.6 Å². The van der Waals surface area contributed by atoms with Crippen LogP contribution in [0.2, 0.25) is 5.02 Å². The van der Waals surface area contributed by atoms with Gasteiger partial charge in [-0.05, 0) is 43.1 Å². The average molecular weight is 267 g/mol. The number of fused-ring (bicyclic) bond motifs is 1. The van der Waals surface area contributed by atoms with E-state index in [9.17, 15) is 4.79 Å². The minimum absolute atomic E-state index is 0.00801. The van der Waals surface area contributed by atoms with Gasteiger partial charge in [-0.3, -0.25) is 4.79 Å². The summed E-state index contributed by atoms with van der Waals surface area (Å²) in [6.45, 7) is 2.63. The smallest absolute Gasteiger partial charge is 0.224 e. The number of nitrogens with one attached hydrogen (secondary N) is 2. The van der Waals surface area contributed by atoms with E-state index in [1.165, 1.54) is 11.1 Å². The monoisotopic (exact) mass is 266 g/mol. The predicted molar refractivity (Wildman–Crippen MR) is 73.7 cm³/mol. The molecule has 0 aromatic heterocycles. The lowest BCUT2D eigenvalue weighted by molar-refractivity contribution is -0.125. The number of carbonyl (C=O) groups is 1. The fraction of sp³-hybridized carbons (Fsp3) is 0.500. The molecule has 98 valence electrons. The molecule has 1 aliphatic carbocycles. The molecule has 0 spiro atoms. The van der Waals surface area contributed by atoms with Gasteiger partial charge in [0, 0.05) is 17.5 Å². The summed E-state index contributed by atoms with van der Waals surface area (Å²) in [5.41, 5.74) is 2.47. The first-order chi connectivity index (χ1) is 8.61. The van der Waals surface area contributed by atoms with Crippen LogP contribution in [0.25, 0.3) is 0 Å². The van der Waals surface area contributed by atoms with Crippen molar-refractivity contribution >= 4 is 17.5 Å². The predicted octanol–water partition coefficient (Wildman–Crippen LogP) is 2.30. The Morgan fingerprint density at radius 1 is 1.56 bits per heavy atom. The highest BCUT2D eigenvalue weighted by molar-refractivity contribution is 6.30. The van der Waals surface area contributed by atoms with Crippen LogP contribution in [0, 0.1) is 5.92 Å². The van der Waals surface area contributed by atoms with Crippen molar-refractivity contribution in [1.82, 2.24) is 10.6 Å². The van der Waals surface area contributed by atoms with Crippen molar-refractivity contribution in [3.05, 3.63) is 34.3 Å². The lowest BCUT2D eigenvalue weighted by Crippen LogP contribution is -2.36. The molecule has 0 fully saturated rings. The van der Waals surface area contributed by atoms with E-state index >= 15 is 0 Å². The summed E-state index contributed by atoms with van der Waals surface area (Å²) in [6.07, 6.45) is 1.95. The van der Waals surface area contributed by atoms with Gasteiger partial charge in [-0.15, -0.1) is 0 Å². The normalized spacial score (nSPS) is 19.4. The van der Waals surface area contributed by atoms with Gasteiger partial charge < -0.3 is 10.6 Å². The van der Waals surface area contributed by atoms with Gasteiger partial charge in [-0.1, -0.05) is 24.6 Å². The van der Waals surface area contributed by atoms with Gasteiger partial charge in [-0.2, -0.15) is 0 Å². The van der Waals surface area contributed by atoms with E-state index in [4.69, 9.17) is 11.6 Å². The van der Waals surface area contributed by atoms with Crippen LogP contribution in [0.1, 0.15) is 30.5 Å². The summed E-state index contributed by atoms with van der Waals surface area (Å²) in [4.78, 5) is 12.0. The molecule has 3 nitrogen and oxygen atoms in total. The highest BCUT2D eigenvalue weighted by Gasteiger charge is 2.25. The number of carbonyl (C=O) groups excluding carboxylic acids is 1. The second kappa shape index (κ2) is 5.72. The molecule has 18 heavy (non-hydrogen) atoms. The first kappa shape index (κ1) is 13.4. The third-order valence-corrected chi connectivity index (χ3v) is 3.69. The Balaban J connectivity index is 2.03. The molecule has 4 heteroatoms. The van der Waals surface area contributed by atoms with Gasteiger partial charge in [0.25, 0.3) is 0 Å². The Kier molecular flexibility index (Phi) is 4.25. The Bertz CT molecular complexity index is 447. The van der Waals surface area contributed by atoms with Crippen molar-refractivity contribution in [2.75, 3.05) is 13.6 Å². The molecule has 1 aliphatic rings. The second-order valence-corrected chi connectivity index (χ2v) is 5.34. The van der Waals surface area contributed by atoms with Crippen LogP contribution in [0.15, 0.2) is 18.2 Å². The largest absolute Gasteiger partial charge is 0.349 e. The topological polar surface area (TPSA) is 41.1 Å². The molecule has 2 unspecified atom stereocenters. The van der Waals surface area contributed by atoms with E-state index in [0.717, 1.165) is 17.9 Å². The first-order valence-electron chi connectivity index (χ1n) is 6.35. The van der Waals surface area contributed by atoms with Crippen molar-refractivity contribution in [2.24, 2.45) is 5.92 Å². The SMILES string of the molecule is CNCC(C)C(=O)NC1CCc2cc(Cl)ccc21. The van der Waals surface area contributed by atoms with Crippen LogP contribution >= 0.6 is 11.6 Å². The lowest BCUT2D eigenvalue weighted by atomic mass is 10.1. The molecule has 0 saturated carbocycles. The molecular formula is C14H19ClN2O. The van der Waals surface area contributed by atoms with Gasteiger partial charge in [-0.25, -0.2) is 0 Å². The van der Waals surface area contributed by atoms with Crippen molar-refractivity contribution in [3.8, 4) is 0 Å². The number of hydrogen-bond acceptors (Lipinski definition) is 2. The maximum Gasteiger partial charge on any atom is 0.224 e. The van der Waals surface area contributed by atoms with Crippen LogP contribution in [0.4, 0.5) is 0 Å². The van der Waals surface area contributed by atoms with E-state index < -0.39 is 0 Å². The van der Waals surface area contributed by atoms with Crippen LogP contribution in [0.3, 0.4) is 0 Å². The molecule has 2 rings (SSSR count). The standard InChI is InChI=1S/C14H19ClN2O/c1-9(8-16-2)14(18)17-13-6-3-10-7-11(15)4-5-12(10)13/h4-5,7,9,13,16H,3,6,8H2,1-2H3,(H,17,18). The minimum Gasteiger partial charge on any atom is -0.349 e. The van der Waals surface area contributed by atoms with Gasteiger partial charge in [0.2, 0.25) is 5.91 Å². The summed E-state index contributed by atoms with van der Waals surface area (Å²) in [7, 11) is 1.86. The quantitative estimate of drug-likeness (QED) is 0.878. The van der Waals surface area contributed by atoms with Gasteiger partial charge in [0.05, 0.1) is 6.04 Å². The highest BCUT2D eigenvalue weighted by Crippen LogP contribution is 2.32. The molecule has 1 aromatic carbocycles.